The van der Waals surface area contributed by atoms with Gasteiger partial charge in [-0.15, -0.1) is 13.2 Å². The van der Waals surface area contributed by atoms with Crippen molar-refractivity contribution in [3.8, 4) is 6.07 Å². The van der Waals surface area contributed by atoms with Crippen molar-refractivity contribution in [1.29, 1.82) is 5.26 Å². The second-order valence-corrected chi connectivity index (χ2v) is 8.53. The van der Waals surface area contributed by atoms with Crippen molar-refractivity contribution in [2.75, 3.05) is 5.32 Å². The monoisotopic (exact) mass is 510 g/mol. The number of imidazole rings is 1. The molecular formula is C21H22F4N8O3. The maximum Gasteiger partial charge on any atom is 0.522 e. The maximum atomic E-state index is 14.5. The molecular weight excluding hydrogens is 488 g/mol. The maximum absolute atomic E-state index is 14.5. The van der Waals surface area contributed by atoms with Gasteiger partial charge in [-0.2, -0.15) is 10.4 Å². The van der Waals surface area contributed by atoms with E-state index in [0.29, 0.717) is 5.69 Å². The zero-order chi connectivity index (χ0) is 26.0. The van der Waals surface area contributed by atoms with Gasteiger partial charge >= 0.3 is 12.5 Å². The lowest BCUT2D eigenvalue weighted by molar-refractivity contribution is -0.330. The minimum atomic E-state index is -4.82. The number of nitrogens with one attached hydrogen (secondary N) is 3. The van der Waals surface area contributed by atoms with Gasteiger partial charge in [0.1, 0.15) is 29.7 Å². The van der Waals surface area contributed by atoms with E-state index in [1.54, 1.807) is 19.9 Å². The number of H-pyrrole nitrogens is 1. The smallest absolute Gasteiger partial charge is 0.443 e. The summed E-state index contributed by atoms with van der Waals surface area (Å²) in [5, 5.41) is 21.7. The standard InChI is InChI=1S/C21H22F4N8O3/c1-10(2)27-20(34)36-16-4-11(3-14(16)22)15-6-17(32-31-15)30-19-29-12(7-26)5-18-28-13(8-33(18)19)9-35-21(23,24)25/h5-6,8,10-11,14,16H,3-4,9H2,1-2H3,(H,27,34)(H2,29,30,31,32)/t11-,14+,16-/m0/s1. The normalized spacial score (nSPS) is 20.0. The fourth-order valence-corrected chi connectivity index (χ4v) is 3.87. The highest BCUT2D eigenvalue weighted by molar-refractivity contribution is 5.67. The highest BCUT2D eigenvalue weighted by atomic mass is 19.4. The number of hydrogen-bond acceptors (Lipinski definition) is 8. The van der Waals surface area contributed by atoms with Crippen molar-refractivity contribution < 1.29 is 31.8 Å². The van der Waals surface area contributed by atoms with Crippen LogP contribution in [0.15, 0.2) is 18.3 Å². The van der Waals surface area contributed by atoms with Crippen LogP contribution in [0.5, 0.6) is 0 Å². The van der Waals surface area contributed by atoms with Crippen molar-refractivity contribution in [2.24, 2.45) is 0 Å². The minimum absolute atomic E-state index is 0.0228. The molecule has 3 aromatic rings. The Morgan fingerprint density at radius 3 is 2.81 bits per heavy atom. The molecule has 1 aliphatic rings. The van der Waals surface area contributed by atoms with E-state index in [4.69, 9.17) is 4.74 Å². The van der Waals surface area contributed by atoms with Gasteiger partial charge in [-0.1, -0.05) is 0 Å². The number of halogens is 4. The van der Waals surface area contributed by atoms with Crippen molar-refractivity contribution in [2.45, 2.75) is 63.9 Å². The molecule has 3 aromatic heterocycles. The van der Waals surface area contributed by atoms with Gasteiger partial charge in [0.15, 0.2) is 5.82 Å². The first kappa shape index (κ1) is 25.2. The predicted molar refractivity (Wildman–Crippen MR) is 116 cm³/mol. The molecule has 4 rings (SSSR count). The molecule has 3 heterocycles. The Kier molecular flexibility index (Phi) is 6.97. The SMILES string of the molecule is CC(C)NC(=O)O[C@H]1C[C@@H](c2cc(Nc3nc(C#N)cc4nc(COC(F)(F)F)cn34)n[nH]2)C[C@H]1F. The van der Waals surface area contributed by atoms with Crippen LogP contribution in [0.25, 0.3) is 5.65 Å². The molecule has 0 aromatic carbocycles. The molecule has 0 unspecified atom stereocenters. The molecule has 3 N–H and O–H groups in total. The van der Waals surface area contributed by atoms with Gasteiger partial charge in [0.05, 0.1) is 12.3 Å². The zero-order valence-electron chi connectivity index (χ0n) is 19.1. The Hall–Kier alpha value is -3.93. The fraction of sp³-hybridized carbons (Fsp3) is 0.476. The molecule has 3 atom stereocenters. The quantitative estimate of drug-likeness (QED) is 0.407. The van der Waals surface area contributed by atoms with Gasteiger partial charge in [0, 0.05) is 36.0 Å². The highest BCUT2D eigenvalue weighted by Crippen LogP contribution is 2.38. The number of carbonyl (C=O) groups is 1. The summed E-state index contributed by atoms with van der Waals surface area (Å²) < 4.78 is 62.0. The average Bonchev–Trinajstić information content (AvgIpc) is 3.50. The van der Waals surface area contributed by atoms with Crippen LogP contribution in [-0.2, 0) is 16.1 Å². The molecule has 0 bridgehead atoms. The second kappa shape index (κ2) is 9.97. The Bertz CT molecular complexity index is 1280. The lowest BCUT2D eigenvalue weighted by atomic mass is 10.0. The minimum Gasteiger partial charge on any atom is -0.443 e. The number of ether oxygens (including phenoxy) is 2. The molecule has 1 amide bonds. The molecule has 11 nitrogen and oxygen atoms in total. The van der Waals surface area contributed by atoms with Gasteiger partial charge in [-0.25, -0.2) is 19.2 Å². The van der Waals surface area contributed by atoms with E-state index in [-0.39, 0.29) is 53.6 Å². The van der Waals surface area contributed by atoms with Crippen LogP contribution in [0, 0.1) is 11.3 Å². The number of fused-ring (bicyclic) bond motifs is 1. The van der Waals surface area contributed by atoms with Crippen molar-refractivity contribution >= 4 is 23.5 Å². The van der Waals surface area contributed by atoms with Crippen molar-refractivity contribution in [3.63, 3.8) is 0 Å². The lowest BCUT2D eigenvalue weighted by Crippen LogP contribution is -2.35. The van der Waals surface area contributed by atoms with E-state index in [1.807, 2.05) is 6.07 Å². The number of nitrogens with zero attached hydrogens (tertiary/aromatic N) is 5. The molecule has 1 aliphatic carbocycles. The van der Waals surface area contributed by atoms with Crippen LogP contribution in [0.1, 0.15) is 49.7 Å². The summed E-state index contributed by atoms with van der Waals surface area (Å²) in [6.45, 7) is 2.71. The number of rotatable bonds is 7. The van der Waals surface area contributed by atoms with Gasteiger partial charge in [0.25, 0.3) is 0 Å². The van der Waals surface area contributed by atoms with Crippen LogP contribution >= 0.6 is 0 Å². The predicted octanol–water partition coefficient (Wildman–Crippen LogP) is 3.82. The molecule has 15 heteroatoms. The molecule has 192 valence electrons. The molecule has 0 radical (unpaired) electrons. The summed E-state index contributed by atoms with van der Waals surface area (Å²) in [6, 6.07) is 4.65. The Balaban J connectivity index is 1.48. The Morgan fingerprint density at radius 1 is 1.33 bits per heavy atom. The number of nitriles is 1. The number of aromatic amines is 1. The van der Waals surface area contributed by atoms with E-state index in [1.165, 1.54) is 16.7 Å². The number of hydrogen-bond donors (Lipinski definition) is 3. The number of alkyl carbamates (subject to hydrolysis) is 1. The summed E-state index contributed by atoms with van der Waals surface area (Å²) >= 11 is 0. The van der Waals surface area contributed by atoms with Crippen LogP contribution in [0.3, 0.4) is 0 Å². The first-order chi connectivity index (χ1) is 17.0. The number of carbonyl (C=O) groups excluding carboxylic acids is 1. The number of aromatic nitrogens is 5. The highest BCUT2D eigenvalue weighted by Gasteiger charge is 2.39. The van der Waals surface area contributed by atoms with Crippen LogP contribution in [-0.4, -0.2) is 55.3 Å². The van der Waals surface area contributed by atoms with Crippen molar-refractivity contribution in [1.82, 2.24) is 29.9 Å². The van der Waals surface area contributed by atoms with Gasteiger partial charge in [-0.3, -0.25) is 14.2 Å². The third-order valence-corrected chi connectivity index (χ3v) is 5.37. The molecule has 1 fully saturated rings. The van der Waals surface area contributed by atoms with Crippen LogP contribution in [0.2, 0.25) is 0 Å². The van der Waals surface area contributed by atoms with E-state index >= 15 is 0 Å². The summed E-state index contributed by atoms with van der Waals surface area (Å²) in [5.74, 6) is 0.0555. The third kappa shape index (κ3) is 6.00. The largest absolute Gasteiger partial charge is 0.522 e. The van der Waals surface area contributed by atoms with Crippen molar-refractivity contribution in [3.05, 3.63) is 35.4 Å². The van der Waals surface area contributed by atoms with Gasteiger partial charge in [-0.05, 0) is 26.7 Å². The van der Waals surface area contributed by atoms with Gasteiger partial charge < -0.3 is 15.4 Å². The van der Waals surface area contributed by atoms with Gasteiger partial charge in [0.2, 0.25) is 5.95 Å². The van der Waals surface area contributed by atoms with E-state index < -0.39 is 31.3 Å². The molecule has 0 saturated heterocycles. The fourth-order valence-electron chi connectivity index (χ4n) is 3.87. The Labute approximate surface area is 201 Å². The van der Waals surface area contributed by atoms with E-state index in [9.17, 15) is 27.6 Å². The molecule has 0 spiro atoms. The number of alkyl halides is 4. The second-order valence-electron chi connectivity index (χ2n) is 8.53. The average molecular weight is 510 g/mol. The third-order valence-electron chi connectivity index (χ3n) is 5.37. The first-order valence-corrected chi connectivity index (χ1v) is 10.9. The molecule has 0 aliphatic heterocycles. The van der Waals surface area contributed by atoms with Crippen LogP contribution < -0.4 is 10.6 Å². The summed E-state index contributed by atoms with van der Waals surface area (Å²) in [5.41, 5.74) is 0.720. The zero-order valence-corrected chi connectivity index (χ0v) is 19.1. The number of anilines is 2. The number of amides is 1. The summed E-state index contributed by atoms with van der Waals surface area (Å²) in [6.07, 6.45) is -6.07. The van der Waals surface area contributed by atoms with E-state index in [0.717, 1.165) is 0 Å². The summed E-state index contributed by atoms with van der Waals surface area (Å²) in [4.78, 5) is 20.0. The van der Waals surface area contributed by atoms with E-state index in [2.05, 4.69) is 35.5 Å². The Morgan fingerprint density at radius 2 is 2.11 bits per heavy atom. The topological polar surface area (TPSA) is 142 Å². The first-order valence-electron chi connectivity index (χ1n) is 10.9. The lowest BCUT2D eigenvalue weighted by Gasteiger charge is -2.16. The summed E-state index contributed by atoms with van der Waals surface area (Å²) in [7, 11) is 0. The molecule has 1 saturated carbocycles. The molecule has 36 heavy (non-hydrogen) atoms. The van der Waals surface area contributed by atoms with Crippen LogP contribution in [0.4, 0.5) is 34.1 Å².